The Balaban J connectivity index is 1.56. The van der Waals surface area contributed by atoms with Crippen molar-refractivity contribution in [2.24, 2.45) is 0 Å². The van der Waals surface area contributed by atoms with E-state index in [0.717, 1.165) is 46.5 Å². The topological polar surface area (TPSA) is 48.0 Å². The summed E-state index contributed by atoms with van der Waals surface area (Å²) in [4.78, 5) is 15.5. The van der Waals surface area contributed by atoms with Gasteiger partial charge in [0.15, 0.2) is 0 Å². The van der Waals surface area contributed by atoms with E-state index in [9.17, 15) is 4.79 Å². The molecular formula is C25H32BrNO4S. The molecule has 2 aromatic rings. The van der Waals surface area contributed by atoms with Gasteiger partial charge in [0.2, 0.25) is 0 Å². The van der Waals surface area contributed by atoms with Gasteiger partial charge in [-0.15, -0.1) is 11.8 Å². The molecule has 3 rings (SSSR count). The lowest BCUT2D eigenvalue weighted by atomic mass is 10.2. The molecule has 0 spiro atoms. The average molecular weight is 523 g/mol. The van der Waals surface area contributed by atoms with Crippen LogP contribution in [0.15, 0.2) is 51.8 Å². The van der Waals surface area contributed by atoms with Crippen LogP contribution >= 0.6 is 27.7 Å². The Kier molecular flexibility index (Phi) is 8.91. The Morgan fingerprint density at radius 3 is 2.72 bits per heavy atom. The molecule has 1 saturated heterocycles. The summed E-state index contributed by atoms with van der Waals surface area (Å²) in [5.74, 6) is 1.69. The van der Waals surface area contributed by atoms with Gasteiger partial charge in [0, 0.05) is 27.2 Å². The predicted molar refractivity (Wildman–Crippen MR) is 132 cm³/mol. The number of carbonyl (C=O) groups is 1. The molecule has 1 aliphatic rings. The van der Waals surface area contributed by atoms with Crippen molar-refractivity contribution in [1.29, 1.82) is 0 Å². The molecule has 0 radical (unpaired) electrons. The second-order valence-electron chi connectivity index (χ2n) is 8.84. The fraction of sp³-hybridized carbons (Fsp3) is 0.480. The van der Waals surface area contributed by atoms with E-state index < -0.39 is 5.60 Å². The van der Waals surface area contributed by atoms with Crippen molar-refractivity contribution in [3.8, 4) is 5.75 Å². The van der Waals surface area contributed by atoms with Crippen LogP contribution in [0.5, 0.6) is 5.75 Å². The first kappa shape index (κ1) is 24.9. The fourth-order valence-electron chi connectivity index (χ4n) is 3.65. The number of halogens is 1. The van der Waals surface area contributed by atoms with Crippen LogP contribution in [-0.2, 0) is 21.8 Å². The Labute approximate surface area is 203 Å². The number of nitrogens with zero attached hydrogens (tertiary/aromatic N) is 1. The highest BCUT2D eigenvalue weighted by atomic mass is 79.9. The maximum atomic E-state index is 12.5. The molecule has 0 N–H and O–H groups in total. The van der Waals surface area contributed by atoms with Gasteiger partial charge < -0.3 is 19.1 Å². The summed E-state index contributed by atoms with van der Waals surface area (Å²) in [5, 5.41) is 0. The molecule has 0 bridgehead atoms. The van der Waals surface area contributed by atoms with Gasteiger partial charge in [-0.1, -0.05) is 34.1 Å². The number of ether oxygens (including phenoxy) is 3. The van der Waals surface area contributed by atoms with E-state index >= 15 is 0 Å². The van der Waals surface area contributed by atoms with E-state index in [2.05, 4.69) is 34.1 Å². The van der Waals surface area contributed by atoms with Crippen molar-refractivity contribution in [3.05, 3.63) is 58.1 Å². The molecule has 1 atom stereocenters. The number of carbonyl (C=O) groups excluding carboxylic acids is 1. The standard InChI is InChI=1S/C25H32BrNO4S/c1-25(2,3)31-24(28)27-13-7-9-21(27)16-30-15-18-8-5-6-10-23(18)32-17-19-14-20(26)11-12-22(19)29-4/h5-6,8,10-12,14,21H,7,9,13,15-17H2,1-4H3/t21-/m0/s1. The zero-order chi connectivity index (χ0) is 23.1. The summed E-state index contributed by atoms with van der Waals surface area (Å²) < 4.78 is 18.2. The summed E-state index contributed by atoms with van der Waals surface area (Å²) in [6, 6.07) is 14.4. The third-order valence-electron chi connectivity index (χ3n) is 5.17. The fourth-order valence-corrected chi connectivity index (χ4v) is 5.09. The van der Waals surface area contributed by atoms with Gasteiger partial charge in [0.1, 0.15) is 11.4 Å². The number of methoxy groups -OCH3 is 1. The third kappa shape index (κ3) is 7.15. The number of amides is 1. The van der Waals surface area contributed by atoms with Gasteiger partial charge in [-0.3, -0.25) is 0 Å². The highest BCUT2D eigenvalue weighted by Gasteiger charge is 2.32. The van der Waals surface area contributed by atoms with Crippen LogP contribution in [0.2, 0.25) is 0 Å². The molecule has 0 unspecified atom stereocenters. The Morgan fingerprint density at radius 1 is 1.19 bits per heavy atom. The van der Waals surface area contributed by atoms with Crippen LogP contribution in [0, 0.1) is 0 Å². The summed E-state index contributed by atoms with van der Waals surface area (Å²) in [7, 11) is 1.70. The first-order valence-corrected chi connectivity index (χ1v) is 12.6. The van der Waals surface area contributed by atoms with Crippen molar-refractivity contribution in [2.45, 2.75) is 62.5 Å². The minimum Gasteiger partial charge on any atom is -0.496 e. The number of hydrogen-bond donors (Lipinski definition) is 0. The molecule has 7 heteroatoms. The highest BCUT2D eigenvalue weighted by molar-refractivity contribution is 9.10. The molecule has 174 valence electrons. The Bertz CT molecular complexity index is 915. The third-order valence-corrected chi connectivity index (χ3v) is 6.83. The maximum absolute atomic E-state index is 12.5. The van der Waals surface area contributed by atoms with E-state index in [4.69, 9.17) is 14.2 Å². The van der Waals surface area contributed by atoms with Crippen LogP contribution in [0.3, 0.4) is 0 Å². The van der Waals surface area contributed by atoms with E-state index in [1.54, 1.807) is 18.9 Å². The zero-order valence-electron chi connectivity index (χ0n) is 19.2. The number of hydrogen-bond acceptors (Lipinski definition) is 5. The smallest absolute Gasteiger partial charge is 0.410 e. The summed E-state index contributed by atoms with van der Waals surface area (Å²) in [5.41, 5.74) is 1.80. The van der Waals surface area contributed by atoms with Crippen LogP contribution < -0.4 is 4.74 Å². The molecule has 0 aromatic heterocycles. The lowest BCUT2D eigenvalue weighted by Gasteiger charge is -2.28. The molecule has 1 heterocycles. The lowest BCUT2D eigenvalue weighted by molar-refractivity contribution is 0.00867. The summed E-state index contributed by atoms with van der Waals surface area (Å²) >= 11 is 5.31. The van der Waals surface area contributed by atoms with Crippen LogP contribution in [0.4, 0.5) is 4.79 Å². The molecule has 1 fully saturated rings. The highest BCUT2D eigenvalue weighted by Crippen LogP contribution is 2.32. The van der Waals surface area contributed by atoms with E-state index in [0.29, 0.717) is 13.2 Å². The number of likely N-dealkylation sites (tertiary alicyclic amines) is 1. The first-order chi connectivity index (χ1) is 15.3. The largest absolute Gasteiger partial charge is 0.496 e. The molecule has 0 saturated carbocycles. The van der Waals surface area contributed by atoms with Gasteiger partial charge in [0.05, 0.1) is 26.4 Å². The van der Waals surface area contributed by atoms with Gasteiger partial charge >= 0.3 is 6.09 Å². The van der Waals surface area contributed by atoms with Crippen LogP contribution in [0.25, 0.3) is 0 Å². The van der Waals surface area contributed by atoms with Gasteiger partial charge in [-0.05, 0) is 63.4 Å². The SMILES string of the molecule is COc1ccc(Br)cc1CSc1ccccc1COC[C@@H]1CCCN1C(=O)OC(C)(C)C. The van der Waals surface area contributed by atoms with Crippen molar-refractivity contribution in [1.82, 2.24) is 4.90 Å². The van der Waals surface area contributed by atoms with Crippen molar-refractivity contribution in [2.75, 3.05) is 20.3 Å². The van der Waals surface area contributed by atoms with Gasteiger partial charge in [-0.2, -0.15) is 0 Å². The van der Waals surface area contributed by atoms with E-state index in [1.807, 2.05) is 49.9 Å². The Hall–Kier alpha value is -1.70. The van der Waals surface area contributed by atoms with Crippen molar-refractivity contribution in [3.63, 3.8) is 0 Å². The van der Waals surface area contributed by atoms with Gasteiger partial charge in [-0.25, -0.2) is 4.79 Å². The minimum absolute atomic E-state index is 0.0654. The second kappa shape index (κ2) is 11.4. The molecular weight excluding hydrogens is 490 g/mol. The Morgan fingerprint density at radius 2 is 1.97 bits per heavy atom. The number of benzene rings is 2. The van der Waals surface area contributed by atoms with Crippen LogP contribution in [0.1, 0.15) is 44.7 Å². The van der Waals surface area contributed by atoms with Crippen molar-refractivity contribution < 1.29 is 19.0 Å². The quantitative estimate of drug-likeness (QED) is 0.363. The maximum Gasteiger partial charge on any atom is 0.410 e. The van der Waals surface area contributed by atoms with Crippen molar-refractivity contribution >= 4 is 33.8 Å². The van der Waals surface area contributed by atoms with Gasteiger partial charge in [0.25, 0.3) is 0 Å². The monoisotopic (exact) mass is 521 g/mol. The molecule has 32 heavy (non-hydrogen) atoms. The molecule has 5 nitrogen and oxygen atoms in total. The molecule has 2 aromatic carbocycles. The second-order valence-corrected chi connectivity index (χ2v) is 10.8. The first-order valence-electron chi connectivity index (χ1n) is 10.9. The molecule has 1 amide bonds. The number of thioether (sulfide) groups is 1. The normalized spacial score (nSPS) is 16.3. The number of rotatable bonds is 8. The average Bonchev–Trinajstić information content (AvgIpc) is 3.21. The predicted octanol–water partition coefficient (Wildman–Crippen LogP) is 6.67. The lowest BCUT2D eigenvalue weighted by Crippen LogP contribution is -2.41. The molecule has 0 aliphatic carbocycles. The molecule has 1 aliphatic heterocycles. The minimum atomic E-state index is -0.488. The summed E-state index contributed by atoms with van der Waals surface area (Å²) in [6.45, 7) is 7.43. The van der Waals surface area contributed by atoms with E-state index in [-0.39, 0.29) is 12.1 Å². The van der Waals surface area contributed by atoms with Crippen LogP contribution in [-0.4, -0.2) is 42.9 Å². The summed E-state index contributed by atoms with van der Waals surface area (Å²) in [6.07, 6.45) is 1.68. The zero-order valence-corrected chi connectivity index (χ0v) is 21.6. The van der Waals surface area contributed by atoms with E-state index in [1.165, 1.54) is 4.90 Å².